The molecule has 0 aliphatic rings. The quantitative estimate of drug-likeness (QED) is 0.668. The van der Waals surface area contributed by atoms with Crippen LogP contribution in [0, 0.1) is 0 Å². The molecule has 0 aromatic carbocycles. The molecule has 0 saturated carbocycles. The van der Waals surface area contributed by atoms with Crippen molar-refractivity contribution < 1.29 is 22.7 Å². The van der Waals surface area contributed by atoms with E-state index in [4.69, 9.17) is 0 Å². The number of carbonyl (C=O) groups excluding carboxylic acids is 1. The van der Waals surface area contributed by atoms with Crippen LogP contribution in [0.25, 0.3) is 6.08 Å². The van der Waals surface area contributed by atoms with E-state index in [-0.39, 0.29) is 12.2 Å². The predicted molar refractivity (Wildman–Crippen MR) is 57.7 cm³/mol. The minimum Gasteiger partial charge on any atom is -0.463 e. The van der Waals surface area contributed by atoms with E-state index in [0.717, 1.165) is 12.2 Å². The van der Waals surface area contributed by atoms with Crippen molar-refractivity contribution in [2.75, 3.05) is 6.61 Å². The number of aromatic amines is 1. The van der Waals surface area contributed by atoms with Gasteiger partial charge < -0.3 is 9.72 Å². The van der Waals surface area contributed by atoms with Crippen molar-refractivity contribution in [3.8, 4) is 0 Å². The highest BCUT2D eigenvalue weighted by atomic mass is 19.4. The highest BCUT2D eigenvalue weighted by Crippen LogP contribution is 2.28. The van der Waals surface area contributed by atoms with Crippen molar-refractivity contribution in [3.05, 3.63) is 39.8 Å². The van der Waals surface area contributed by atoms with Gasteiger partial charge in [0.15, 0.2) is 0 Å². The van der Waals surface area contributed by atoms with Gasteiger partial charge in [-0.05, 0) is 19.1 Å². The second kappa shape index (κ2) is 5.52. The van der Waals surface area contributed by atoms with Gasteiger partial charge in [-0.2, -0.15) is 13.2 Å². The number of pyridine rings is 1. The van der Waals surface area contributed by atoms with Crippen molar-refractivity contribution >= 4 is 12.0 Å². The number of H-pyrrole nitrogens is 1. The van der Waals surface area contributed by atoms with Gasteiger partial charge in [-0.3, -0.25) is 4.79 Å². The Labute approximate surface area is 100 Å². The zero-order valence-corrected chi connectivity index (χ0v) is 9.38. The predicted octanol–water partition coefficient (Wildman–Crippen LogP) is 1.97. The topological polar surface area (TPSA) is 59.2 Å². The van der Waals surface area contributed by atoms with E-state index in [0.29, 0.717) is 12.3 Å². The average molecular weight is 261 g/mol. The fraction of sp³-hybridized carbons (Fsp3) is 0.273. The van der Waals surface area contributed by atoms with E-state index in [2.05, 4.69) is 4.74 Å². The van der Waals surface area contributed by atoms with Crippen LogP contribution in [0.15, 0.2) is 23.1 Å². The normalized spacial score (nSPS) is 11.8. The number of halogens is 3. The van der Waals surface area contributed by atoms with Gasteiger partial charge in [0.05, 0.1) is 12.2 Å². The fourth-order valence-corrected chi connectivity index (χ4v) is 1.14. The average Bonchev–Trinajstić information content (AvgIpc) is 2.26. The van der Waals surface area contributed by atoms with Crippen LogP contribution in [0.5, 0.6) is 0 Å². The first-order chi connectivity index (χ1) is 8.34. The number of ether oxygens (including phenoxy) is 1. The van der Waals surface area contributed by atoms with Crippen LogP contribution in [0.3, 0.4) is 0 Å². The lowest BCUT2D eigenvalue weighted by molar-refractivity contribution is -0.138. The molecule has 1 N–H and O–H groups in total. The van der Waals surface area contributed by atoms with Gasteiger partial charge >= 0.3 is 12.1 Å². The van der Waals surface area contributed by atoms with Crippen molar-refractivity contribution in [2.24, 2.45) is 0 Å². The molecule has 0 bridgehead atoms. The van der Waals surface area contributed by atoms with Crippen molar-refractivity contribution in [1.82, 2.24) is 4.98 Å². The maximum absolute atomic E-state index is 12.4. The molecule has 0 spiro atoms. The second-order valence-corrected chi connectivity index (χ2v) is 3.26. The lowest BCUT2D eigenvalue weighted by Gasteiger charge is -2.06. The maximum atomic E-state index is 12.4. The molecule has 0 fully saturated rings. The van der Waals surface area contributed by atoms with Gasteiger partial charge in [0.25, 0.3) is 5.56 Å². The van der Waals surface area contributed by atoms with Crippen LogP contribution in [-0.4, -0.2) is 17.6 Å². The van der Waals surface area contributed by atoms with Crippen molar-refractivity contribution in [3.63, 3.8) is 0 Å². The molecule has 1 rings (SSSR count). The maximum Gasteiger partial charge on any atom is 0.417 e. The molecule has 0 amide bonds. The number of hydrogen-bond acceptors (Lipinski definition) is 3. The first kappa shape index (κ1) is 14.0. The highest BCUT2D eigenvalue weighted by Gasteiger charge is 2.31. The monoisotopic (exact) mass is 261 g/mol. The van der Waals surface area contributed by atoms with Crippen molar-refractivity contribution in [1.29, 1.82) is 0 Å². The molecule has 0 aliphatic carbocycles. The Kier molecular flexibility index (Phi) is 4.30. The summed E-state index contributed by atoms with van der Waals surface area (Å²) in [5.74, 6) is -0.727. The fourth-order valence-electron chi connectivity index (χ4n) is 1.14. The summed E-state index contributed by atoms with van der Waals surface area (Å²) in [4.78, 5) is 24.2. The van der Waals surface area contributed by atoms with E-state index in [1.54, 1.807) is 6.92 Å². The summed E-state index contributed by atoms with van der Waals surface area (Å²) in [6.45, 7) is 1.73. The van der Waals surface area contributed by atoms with Crippen LogP contribution in [0.4, 0.5) is 13.2 Å². The molecule has 18 heavy (non-hydrogen) atoms. The molecule has 7 heteroatoms. The summed E-state index contributed by atoms with van der Waals surface area (Å²) in [5.41, 5.74) is -1.98. The van der Waals surface area contributed by atoms with Crippen LogP contribution in [0.2, 0.25) is 0 Å². The molecule has 0 unspecified atom stereocenters. The summed E-state index contributed by atoms with van der Waals surface area (Å²) in [5, 5.41) is 0. The Balaban J connectivity index is 3.02. The molecule has 1 aromatic heterocycles. The van der Waals surface area contributed by atoms with E-state index in [9.17, 15) is 22.8 Å². The van der Waals surface area contributed by atoms with E-state index >= 15 is 0 Å². The van der Waals surface area contributed by atoms with Crippen molar-refractivity contribution in [2.45, 2.75) is 13.1 Å². The Morgan fingerprint density at radius 3 is 2.72 bits per heavy atom. The Morgan fingerprint density at radius 1 is 1.50 bits per heavy atom. The molecule has 0 radical (unpaired) electrons. The van der Waals surface area contributed by atoms with E-state index in [1.165, 1.54) is 0 Å². The lowest BCUT2D eigenvalue weighted by Crippen LogP contribution is -2.14. The van der Waals surface area contributed by atoms with Crippen LogP contribution in [0.1, 0.15) is 18.1 Å². The van der Waals surface area contributed by atoms with Crippen LogP contribution < -0.4 is 5.56 Å². The van der Waals surface area contributed by atoms with Gasteiger partial charge in [-0.15, -0.1) is 0 Å². The smallest absolute Gasteiger partial charge is 0.417 e. The number of esters is 1. The highest BCUT2D eigenvalue weighted by molar-refractivity contribution is 5.86. The minimum atomic E-state index is -4.56. The first-order valence-electron chi connectivity index (χ1n) is 4.99. The molecule has 1 aromatic rings. The Bertz CT molecular complexity index is 517. The number of nitrogens with one attached hydrogen (secondary N) is 1. The molecule has 0 saturated heterocycles. The number of carbonyl (C=O) groups is 1. The lowest BCUT2D eigenvalue weighted by atomic mass is 10.2. The minimum absolute atomic E-state index is 0.141. The third kappa shape index (κ3) is 3.76. The third-order valence-electron chi connectivity index (χ3n) is 1.94. The van der Waals surface area contributed by atoms with Gasteiger partial charge in [0.2, 0.25) is 0 Å². The summed E-state index contributed by atoms with van der Waals surface area (Å²) < 4.78 is 41.7. The molecule has 98 valence electrons. The van der Waals surface area contributed by atoms with Gasteiger partial charge in [0, 0.05) is 17.8 Å². The molecule has 0 atom stereocenters. The summed E-state index contributed by atoms with van der Waals surface area (Å²) >= 11 is 0. The molecular formula is C11H10F3NO3. The van der Waals surface area contributed by atoms with E-state index in [1.807, 2.05) is 4.98 Å². The van der Waals surface area contributed by atoms with Crippen LogP contribution >= 0.6 is 0 Å². The van der Waals surface area contributed by atoms with Crippen LogP contribution in [-0.2, 0) is 15.7 Å². The number of alkyl halides is 3. The molecule has 0 aliphatic heterocycles. The third-order valence-corrected chi connectivity index (χ3v) is 1.94. The molecule has 4 nitrogen and oxygen atoms in total. The summed E-state index contributed by atoms with van der Waals surface area (Å²) in [6.07, 6.45) is -2.11. The van der Waals surface area contributed by atoms with E-state index < -0.39 is 23.3 Å². The Hall–Kier alpha value is -2.05. The number of aromatic nitrogens is 1. The summed E-state index contributed by atoms with van der Waals surface area (Å²) in [6, 6.07) is 0.661. The summed E-state index contributed by atoms with van der Waals surface area (Å²) in [7, 11) is 0. The largest absolute Gasteiger partial charge is 0.463 e. The Morgan fingerprint density at radius 2 is 2.17 bits per heavy atom. The second-order valence-electron chi connectivity index (χ2n) is 3.26. The van der Waals surface area contributed by atoms with Gasteiger partial charge in [0.1, 0.15) is 0 Å². The molecular weight excluding hydrogens is 251 g/mol. The standard InChI is InChI=1S/C11H10F3NO3/c1-2-18-9(16)4-3-7-5-8(11(12,13)14)6-15-10(7)17/h3-6H,2H2,1H3,(H,15,17)/b4-3+. The van der Waals surface area contributed by atoms with Gasteiger partial charge in [-0.1, -0.05) is 0 Å². The van der Waals surface area contributed by atoms with Gasteiger partial charge in [-0.25, -0.2) is 4.79 Å². The first-order valence-corrected chi connectivity index (χ1v) is 4.99. The SMILES string of the molecule is CCOC(=O)/C=C/c1cc(C(F)(F)F)c[nH]c1=O. The zero-order valence-electron chi connectivity index (χ0n) is 9.38. The number of hydrogen-bond donors (Lipinski definition) is 1. The number of rotatable bonds is 3. The molecule has 1 heterocycles. The zero-order chi connectivity index (χ0) is 13.8.